The average Bonchev–Trinajstić information content (AvgIpc) is 3.33. The first-order chi connectivity index (χ1) is 22.5. The predicted octanol–water partition coefficient (Wildman–Crippen LogP) is 9.02. The molecule has 47 heavy (non-hydrogen) atoms. The molecule has 2 aliphatic rings. The molecule has 4 atom stereocenters. The van der Waals surface area contributed by atoms with Gasteiger partial charge >= 0.3 is 5.97 Å². The maximum atomic E-state index is 13.9. The summed E-state index contributed by atoms with van der Waals surface area (Å²) in [6, 6.07) is 16.5. The fourth-order valence-electron chi connectivity index (χ4n) is 6.30. The summed E-state index contributed by atoms with van der Waals surface area (Å²) in [4.78, 5) is 59.9. The summed E-state index contributed by atoms with van der Waals surface area (Å²) in [5, 5.41) is 1.39. The van der Waals surface area contributed by atoms with Crippen LogP contribution in [-0.4, -0.2) is 40.5 Å². The van der Waals surface area contributed by atoms with Crippen LogP contribution in [0.1, 0.15) is 46.0 Å². The van der Waals surface area contributed by atoms with E-state index in [1.165, 1.54) is 4.90 Å². The van der Waals surface area contributed by atoms with Gasteiger partial charge in [-0.2, -0.15) is 0 Å². The molecule has 0 saturated carbocycles. The summed E-state index contributed by atoms with van der Waals surface area (Å²) in [6.07, 6.45) is 3.47. The SMILES string of the molecule is Cc1c(Cl)c(Br)cc2c(C(=O)OC(CCCl)C(=O)c3ccc(Cl)cc3)cc(-c3ccc(N4C(=O)C5CC=CC(C)C5C4=O)cc3)nc12. The molecule has 0 N–H and O–H groups in total. The van der Waals surface area contributed by atoms with Gasteiger partial charge < -0.3 is 4.74 Å². The Hall–Kier alpha value is -3.56. The molecule has 7 nitrogen and oxygen atoms in total. The van der Waals surface area contributed by atoms with Crippen LogP contribution >= 0.6 is 50.7 Å². The molecular formula is C36H28BrCl3N2O5. The maximum Gasteiger partial charge on any atom is 0.339 e. The van der Waals surface area contributed by atoms with E-state index in [9.17, 15) is 19.2 Å². The molecule has 6 rings (SSSR count). The van der Waals surface area contributed by atoms with E-state index < -0.39 is 17.9 Å². The first kappa shape index (κ1) is 33.3. The molecule has 2 heterocycles. The summed E-state index contributed by atoms with van der Waals surface area (Å²) >= 11 is 22.0. The number of rotatable bonds is 8. The van der Waals surface area contributed by atoms with Gasteiger partial charge in [0.1, 0.15) is 0 Å². The number of pyridine rings is 1. The van der Waals surface area contributed by atoms with E-state index in [1.807, 2.05) is 19.1 Å². The minimum absolute atomic E-state index is 0.0185. The molecule has 2 amide bonds. The number of nitrogens with zero attached hydrogens (tertiary/aromatic N) is 2. The van der Waals surface area contributed by atoms with Gasteiger partial charge in [-0.3, -0.25) is 19.3 Å². The number of Topliss-reactive ketones (excluding diaryl/α,β-unsaturated/α-hetero) is 1. The van der Waals surface area contributed by atoms with E-state index in [4.69, 9.17) is 44.5 Å². The zero-order chi connectivity index (χ0) is 33.6. The lowest BCUT2D eigenvalue weighted by Gasteiger charge is -2.22. The monoisotopic (exact) mass is 752 g/mol. The van der Waals surface area contributed by atoms with Crippen molar-refractivity contribution in [2.75, 3.05) is 10.8 Å². The Morgan fingerprint density at radius 3 is 2.40 bits per heavy atom. The van der Waals surface area contributed by atoms with Crippen LogP contribution in [0.15, 0.2) is 77.3 Å². The van der Waals surface area contributed by atoms with Crippen molar-refractivity contribution < 1.29 is 23.9 Å². The highest BCUT2D eigenvalue weighted by Crippen LogP contribution is 2.41. The van der Waals surface area contributed by atoms with E-state index in [1.54, 1.807) is 67.6 Å². The normalized spacial score (nSPS) is 19.6. The molecule has 0 radical (unpaired) electrons. The van der Waals surface area contributed by atoms with Crippen LogP contribution < -0.4 is 4.90 Å². The smallest absolute Gasteiger partial charge is 0.339 e. The number of allylic oxidation sites excluding steroid dienone is 2. The van der Waals surface area contributed by atoms with Crippen LogP contribution in [0.3, 0.4) is 0 Å². The number of carbonyl (C=O) groups is 4. The maximum absolute atomic E-state index is 13.9. The lowest BCUT2D eigenvalue weighted by atomic mass is 9.78. The molecule has 1 aromatic heterocycles. The zero-order valence-corrected chi connectivity index (χ0v) is 29.2. The number of aromatic nitrogens is 1. The van der Waals surface area contributed by atoms with Crippen molar-refractivity contribution in [3.8, 4) is 11.3 Å². The van der Waals surface area contributed by atoms with Crippen LogP contribution in [-0.2, 0) is 14.3 Å². The summed E-state index contributed by atoms with van der Waals surface area (Å²) in [5.41, 5.74) is 3.15. The Labute approximate surface area is 295 Å². The number of hydrogen-bond donors (Lipinski definition) is 0. The van der Waals surface area contributed by atoms with E-state index in [2.05, 4.69) is 15.9 Å². The molecule has 1 aliphatic heterocycles. The number of hydrogen-bond acceptors (Lipinski definition) is 6. The number of ether oxygens (including phenoxy) is 1. The van der Waals surface area contributed by atoms with Crippen molar-refractivity contribution in [1.82, 2.24) is 4.98 Å². The van der Waals surface area contributed by atoms with Crippen molar-refractivity contribution >= 4 is 90.9 Å². The number of imide groups is 1. The minimum Gasteiger partial charge on any atom is -0.450 e. The molecule has 11 heteroatoms. The fourth-order valence-corrected chi connectivity index (χ4v) is 7.29. The highest BCUT2D eigenvalue weighted by atomic mass is 79.9. The topological polar surface area (TPSA) is 93.6 Å². The summed E-state index contributed by atoms with van der Waals surface area (Å²) < 4.78 is 6.40. The number of esters is 1. The van der Waals surface area contributed by atoms with Gasteiger partial charge in [-0.15, -0.1) is 11.6 Å². The van der Waals surface area contributed by atoms with Crippen LogP contribution in [0.2, 0.25) is 10.0 Å². The lowest BCUT2D eigenvalue weighted by Crippen LogP contribution is -2.31. The van der Waals surface area contributed by atoms with Crippen molar-refractivity contribution in [2.45, 2.75) is 32.8 Å². The number of fused-ring (bicyclic) bond motifs is 2. The largest absolute Gasteiger partial charge is 0.450 e. The first-order valence-electron chi connectivity index (χ1n) is 15.0. The highest BCUT2D eigenvalue weighted by Gasteiger charge is 2.50. The molecule has 1 fully saturated rings. The van der Waals surface area contributed by atoms with Crippen molar-refractivity contribution in [3.63, 3.8) is 0 Å². The van der Waals surface area contributed by atoms with Gasteiger partial charge in [0.25, 0.3) is 0 Å². The van der Waals surface area contributed by atoms with Crippen LogP contribution in [0.4, 0.5) is 5.69 Å². The number of amides is 2. The molecule has 1 saturated heterocycles. The number of alkyl halides is 1. The quantitative estimate of drug-likeness (QED) is 0.0586. The van der Waals surface area contributed by atoms with E-state index in [-0.39, 0.29) is 47.4 Å². The Balaban J connectivity index is 1.36. The van der Waals surface area contributed by atoms with Crippen molar-refractivity contribution in [2.24, 2.45) is 17.8 Å². The second kappa shape index (κ2) is 13.5. The van der Waals surface area contributed by atoms with Crippen LogP contribution in [0, 0.1) is 24.7 Å². The Morgan fingerprint density at radius 1 is 1.04 bits per heavy atom. The first-order valence-corrected chi connectivity index (χ1v) is 17.1. The number of carbonyl (C=O) groups excluding carboxylic acids is 4. The molecule has 4 unspecified atom stereocenters. The fraction of sp³-hybridized carbons (Fsp3) is 0.250. The minimum atomic E-state index is -1.14. The molecule has 3 aromatic carbocycles. The number of benzene rings is 3. The Kier molecular flexibility index (Phi) is 9.59. The van der Waals surface area contributed by atoms with Gasteiger partial charge in [-0.05, 0) is 89.3 Å². The second-order valence-electron chi connectivity index (χ2n) is 11.7. The average molecular weight is 755 g/mol. The number of ketones is 1. The predicted molar refractivity (Wildman–Crippen MR) is 187 cm³/mol. The molecule has 1 aliphatic carbocycles. The van der Waals surface area contributed by atoms with Crippen molar-refractivity contribution in [1.29, 1.82) is 0 Å². The lowest BCUT2D eigenvalue weighted by molar-refractivity contribution is -0.122. The van der Waals surface area contributed by atoms with E-state index >= 15 is 0 Å². The standard InChI is InChI=1S/C36H28BrCl3N2O5/c1-18-4-3-5-24-30(18)35(45)42(34(24)44)23-12-8-20(9-13-23)28-17-26(25-16-27(37)31(40)19(2)32(25)41-28)36(46)47-29(14-15-38)33(43)21-6-10-22(39)11-7-21/h3-4,6-13,16-18,24,29-30H,5,14-15H2,1-2H3. The van der Waals surface area contributed by atoms with Gasteiger partial charge in [0.15, 0.2) is 6.10 Å². The van der Waals surface area contributed by atoms with Crippen LogP contribution in [0.25, 0.3) is 22.2 Å². The number of halogens is 4. The van der Waals surface area contributed by atoms with E-state index in [0.717, 1.165) is 0 Å². The Bertz CT molecular complexity index is 1960. The van der Waals surface area contributed by atoms with Gasteiger partial charge in [-0.1, -0.05) is 54.4 Å². The molecule has 4 aromatic rings. The molecule has 0 spiro atoms. The van der Waals surface area contributed by atoms with Gasteiger partial charge in [-0.25, -0.2) is 9.78 Å². The van der Waals surface area contributed by atoms with Crippen LogP contribution in [0.5, 0.6) is 0 Å². The molecular weight excluding hydrogens is 727 g/mol. The summed E-state index contributed by atoms with van der Waals surface area (Å²) in [7, 11) is 0. The van der Waals surface area contributed by atoms with E-state index in [0.29, 0.717) is 59.9 Å². The van der Waals surface area contributed by atoms with Gasteiger partial charge in [0.2, 0.25) is 17.6 Å². The summed E-state index contributed by atoms with van der Waals surface area (Å²) in [5.74, 6) is -2.20. The van der Waals surface area contributed by atoms with Gasteiger partial charge in [0, 0.05) is 38.3 Å². The number of aryl methyl sites for hydroxylation is 1. The third-order valence-electron chi connectivity index (χ3n) is 8.78. The Morgan fingerprint density at radius 2 is 1.74 bits per heavy atom. The number of anilines is 1. The third kappa shape index (κ3) is 6.24. The third-order valence-corrected chi connectivity index (χ3v) is 10.6. The van der Waals surface area contributed by atoms with Gasteiger partial charge in [0.05, 0.1) is 39.3 Å². The van der Waals surface area contributed by atoms with Crippen molar-refractivity contribution in [3.05, 3.63) is 104 Å². The zero-order valence-electron chi connectivity index (χ0n) is 25.3. The summed E-state index contributed by atoms with van der Waals surface area (Å²) in [6.45, 7) is 3.75. The molecule has 0 bridgehead atoms. The molecule has 240 valence electrons. The highest BCUT2D eigenvalue weighted by molar-refractivity contribution is 9.10. The second-order valence-corrected chi connectivity index (χ2v) is 13.8.